The van der Waals surface area contributed by atoms with Crippen LogP contribution >= 0.6 is 0 Å². The molecule has 0 aromatic rings. The highest BCUT2D eigenvalue weighted by Gasteiger charge is 2.01. The molecule has 0 rings (SSSR count). The van der Waals surface area contributed by atoms with E-state index in [1.807, 2.05) is 0 Å². The Balaban J connectivity index is 3.26. The average molecular weight is 218 g/mol. The SMILES string of the molecule is C=C(C)C(=O)OCCCCCS(C)=O. The normalized spacial score (nSPS) is 12.1. The molecule has 0 bridgehead atoms. The molecule has 0 radical (unpaired) electrons. The number of carbonyl (C=O) groups excluding carboxylic acids is 1. The fourth-order valence-corrected chi connectivity index (χ4v) is 1.48. The Labute approximate surface area is 88.0 Å². The molecule has 0 aliphatic carbocycles. The smallest absolute Gasteiger partial charge is 0.333 e. The fourth-order valence-electron chi connectivity index (χ4n) is 0.872. The quantitative estimate of drug-likeness (QED) is 0.371. The standard InChI is InChI=1S/C10H18O3S/c1-9(2)10(11)13-7-5-4-6-8-14(3)12/h1,4-8H2,2-3H3. The lowest BCUT2D eigenvalue weighted by Gasteiger charge is -2.03. The van der Waals surface area contributed by atoms with E-state index in [2.05, 4.69) is 6.58 Å². The zero-order valence-electron chi connectivity index (χ0n) is 8.88. The van der Waals surface area contributed by atoms with Crippen molar-refractivity contribution in [2.45, 2.75) is 26.2 Å². The predicted molar refractivity (Wildman–Crippen MR) is 58.6 cm³/mol. The van der Waals surface area contributed by atoms with Crippen LogP contribution in [-0.2, 0) is 20.3 Å². The topological polar surface area (TPSA) is 43.4 Å². The summed E-state index contributed by atoms with van der Waals surface area (Å²) >= 11 is 0. The summed E-state index contributed by atoms with van der Waals surface area (Å²) in [7, 11) is -0.709. The molecule has 0 heterocycles. The summed E-state index contributed by atoms with van der Waals surface area (Å²) in [5, 5.41) is 0. The summed E-state index contributed by atoms with van der Waals surface area (Å²) in [5.74, 6) is 0.401. The van der Waals surface area contributed by atoms with Gasteiger partial charge in [0.1, 0.15) is 0 Å². The minimum absolute atomic E-state index is 0.330. The molecule has 0 aromatic carbocycles. The van der Waals surface area contributed by atoms with E-state index in [1.165, 1.54) is 0 Å². The van der Waals surface area contributed by atoms with E-state index in [4.69, 9.17) is 4.74 Å². The summed E-state index contributed by atoms with van der Waals surface area (Å²) in [5.41, 5.74) is 0.430. The van der Waals surface area contributed by atoms with Gasteiger partial charge >= 0.3 is 5.97 Å². The van der Waals surface area contributed by atoms with Crippen molar-refractivity contribution in [1.82, 2.24) is 0 Å². The highest BCUT2D eigenvalue weighted by atomic mass is 32.2. The third-order valence-corrected chi connectivity index (χ3v) is 2.52. The first kappa shape index (κ1) is 13.4. The fraction of sp³-hybridized carbons (Fsp3) is 0.700. The third kappa shape index (κ3) is 7.98. The minimum atomic E-state index is -0.709. The van der Waals surface area contributed by atoms with E-state index in [0.717, 1.165) is 25.0 Å². The first-order chi connectivity index (χ1) is 6.54. The number of carbonyl (C=O) groups is 1. The molecule has 0 amide bonds. The van der Waals surface area contributed by atoms with Gasteiger partial charge in [0.25, 0.3) is 0 Å². The van der Waals surface area contributed by atoms with Gasteiger partial charge in [0, 0.05) is 28.4 Å². The van der Waals surface area contributed by atoms with Gasteiger partial charge in [0.2, 0.25) is 0 Å². The predicted octanol–water partition coefficient (Wildman–Crippen LogP) is 1.65. The minimum Gasteiger partial charge on any atom is -0.462 e. The lowest BCUT2D eigenvalue weighted by molar-refractivity contribution is -0.139. The lowest BCUT2D eigenvalue weighted by atomic mass is 10.3. The molecular weight excluding hydrogens is 200 g/mol. The number of hydrogen-bond acceptors (Lipinski definition) is 3. The summed E-state index contributed by atoms with van der Waals surface area (Å²) in [6.07, 6.45) is 4.40. The Morgan fingerprint density at radius 3 is 2.50 bits per heavy atom. The summed E-state index contributed by atoms with van der Waals surface area (Å²) in [4.78, 5) is 10.9. The second-order valence-electron chi connectivity index (χ2n) is 3.25. The van der Waals surface area contributed by atoms with Crippen LogP contribution in [0.4, 0.5) is 0 Å². The van der Waals surface area contributed by atoms with Crippen LogP contribution in [0.25, 0.3) is 0 Å². The molecule has 1 unspecified atom stereocenters. The van der Waals surface area contributed by atoms with Gasteiger partial charge in [-0.2, -0.15) is 0 Å². The van der Waals surface area contributed by atoms with Crippen molar-refractivity contribution in [3.8, 4) is 0 Å². The Morgan fingerprint density at radius 2 is 2.00 bits per heavy atom. The molecule has 0 aliphatic rings. The zero-order chi connectivity index (χ0) is 11.0. The second kappa shape index (κ2) is 7.74. The number of hydrogen-bond donors (Lipinski definition) is 0. The van der Waals surface area contributed by atoms with Crippen LogP contribution in [0.1, 0.15) is 26.2 Å². The van der Waals surface area contributed by atoms with Crippen molar-refractivity contribution >= 4 is 16.8 Å². The first-order valence-corrected chi connectivity index (χ1v) is 6.39. The van der Waals surface area contributed by atoms with Crippen molar-refractivity contribution in [2.75, 3.05) is 18.6 Å². The van der Waals surface area contributed by atoms with Crippen molar-refractivity contribution < 1.29 is 13.7 Å². The molecule has 82 valence electrons. The van der Waals surface area contributed by atoms with Gasteiger partial charge in [-0.05, 0) is 26.2 Å². The highest BCUT2D eigenvalue weighted by molar-refractivity contribution is 7.84. The van der Waals surface area contributed by atoms with Crippen LogP contribution in [0.15, 0.2) is 12.2 Å². The van der Waals surface area contributed by atoms with Crippen LogP contribution in [0, 0.1) is 0 Å². The van der Waals surface area contributed by atoms with Gasteiger partial charge in [-0.1, -0.05) is 6.58 Å². The van der Waals surface area contributed by atoms with Crippen molar-refractivity contribution in [1.29, 1.82) is 0 Å². The van der Waals surface area contributed by atoms with Crippen molar-refractivity contribution in [2.24, 2.45) is 0 Å². The molecule has 0 fully saturated rings. The third-order valence-electron chi connectivity index (χ3n) is 1.66. The molecule has 0 aromatic heterocycles. The number of esters is 1. The van der Waals surface area contributed by atoms with E-state index in [1.54, 1.807) is 13.2 Å². The second-order valence-corrected chi connectivity index (χ2v) is 4.81. The largest absolute Gasteiger partial charge is 0.462 e. The van der Waals surface area contributed by atoms with Crippen molar-refractivity contribution in [3.05, 3.63) is 12.2 Å². The molecule has 0 spiro atoms. The Kier molecular flexibility index (Phi) is 7.38. The molecule has 0 aliphatic heterocycles. The van der Waals surface area contributed by atoms with Gasteiger partial charge in [-0.25, -0.2) is 4.79 Å². The monoisotopic (exact) mass is 218 g/mol. The average Bonchev–Trinajstić information content (AvgIpc) is 2.09. The summed E-state index contributed by atoms with van der Waals surface area (Å²) in [6, 6.07) is 0. The molecule has 0 saturated heterocycles. The lowest BCUT2D eigenvalue weighted by Crippen LogP contribution is -2.06. The molecule has 4 heteroatoms. The maximum Gasteiger partial charge on any atom is 0.333 e. The van der Waals surface area contributed by atoms with Gasteiger partial charge < -0.3 is 4.74 Å². The first-order valence-electron chi connectivity index (χ1n) is 4.66. The van der Waals surface area contributed by atoms with E-state index >= 15 is 0 Å². The molecular formula is C10H18O3S. The van der Waals surface area contributed by atoms with Crippen LogP contribution in [0.2, 0.25) is 0 Å². The van der Waals surface area contributed by atoms with Crippen molar-refractivity contribution in [3.63, 3.8) is 0 Å². The Hall–Kier alpha value is -0.640. The zero-order valence-corrected chi connectivity index (χ0v) is 9.69. The van der Waals surface area contributed by atoms with E-state index in [9.17, 15) is 9.00 Å². The summed E-state index contributed by atoms with van der Waals surface area (Å²) < 4.78 is 15.6. The number of ether oxygens (including phenoxy) is 1. The Bertz CT molecular complexity index is 223. The Morgan fingerprint density at radius 1 is 1.36 bits per heavy atom. The van der Waals surface area contributed by atoms with E-state index in [0.29, 0.717) is 12.2 Å². The summed E-state index contributed by atoms with van der Waals surface area (Å²) in [6.45, 7) is 5.54. The molecule has 14 heavy (non-hydrogen) atoms. The van der Waals surface area contributed by atoms with Crippen LogP contribution in [0.5, 0.6) is 0 Å². The van der Waals surface area contributed by atoms with E-state index in [-0.39, 0.29) is 5.97 Å². The van der Waals surface area contributed by atoms with Crippen LogP contribution in [-0.4, -0.2) is 28.8 Å². The number of rotatable bonds is 7. The maximum absolute atomic E-state index is 10.9. The van der Waals surface area contributed by atoms with Gasteiger partial charge in [0.05, 0.1) is 6.61 Å². The molecule has 3 nitrogen and oxygen atoms in total. The molecule has 0 saturated carbocycles. The molecule has 0 N–H and O–H groups in total. The number of unbranched alkanes of at least 4 members (excludes halogenated alkanes) is 2. The highest BCUT2D eigenvalue weighted by Crippen LogP contribution is 1.99. The van der Waals surface area contributed by atoms with Gasteiger partial charge in [-0.15, -0.1) is 0 Å². The van der Waals surface area contributed by atoms with Crippen LogP contribution < -0.4 is 0 Å². The van der Waals surface area contributed by atoms with Gasteiger partial charge in [-0.3, -0.25) is 4.21 Å². The van der Waals surface area contributed by atoms with Gasteiger partial charge in [0.15, 0.2) is 0 Å². The van der Waals surface area contributed by atoms with Crippen LogP contribution in [0.3, 0.4) is 0 Å². The van der Waals surface area contributed by atoms with E-state index < -0.39 is 10.8 Å². The maximum atomic E-state index is 10.9. The molecule has 1 atom stereocenters.